The van der Waals surface area contributed by atoms with Crippen LogP contribution < -0.4 is 4.89 Å². The van der Waals surface area contributed by atoms with Crippen molar-refractivity contribution in [2.24, 2.45) is 0 Å². The first-order valence-electron chi connectivity index (χ1n) is 9.68. The molecule has 1 aromatic rings. The molecule has 0 aliphatic rings. The lowest BCUT2D eigenvalue weighted by atomic mass is 9.91. The fourth-order valence-electron chi connectivity index (χ4n) is 2.61. The van der Waals surface area contributed by atoms with Crippen molar-refractivity contribution in [1.82, 2.24) is 0 Å². The van der Waals surface area contributed by atoms with Gasteiger partial charge in [0.05, 0.1) is 6.61 Å². The molecule has 168 valence electrons. The summed E-state index contributed by atoms with van der Waals surface area (Å²) in [6, 6.07) is 8.54. The number of rotatable bonds is 18. The Morgan fingerprint density at radius 3 is 2.00 bits per heavy atom. The van der Waals surface area contributed by atoms with E-state index < -0.39 is 13.4 Å². The molecule has 1 rings (SSSR count). The molecule has 0 fully saturated rings. The van der Waals surface area contributed by atoms with Gasteiger partial charge < -0.3 is 14.7 Å². The highest BCUT2D eigenvalue weighted by molar-refractivity contribution is 7.46. The second-order valence-electron chi connectivity index (χ2n) is 6.61. The normalized spacial score (nSPS) is 12.3. The molecule has 1 aromatic carbocycles. The molecule has 10 nitrogen and oxygen atoms in total. The second kappa shape index (κ2) is 14.8. The van der Waals surface area contributed by atoms with Gasteiger partial charge in [0.25, 0.3) is 0 Å². The third kappa shape index (κ3) is 13.0. The molecule has 0 saturated carbocycles. The number of hydrogen-bond donors (Lipinski definition) is 2. The quantitative estimate of drug-likeness (QED) is 0.144. The first-order valence-corrected chi connectivity index (χ1v) is 11.2. The van der Waals surface area contributed by atoms with Crippen LogP contribution in [-0.4, -0.2) is 22.0 Å². The van der Waals surface area contributed by atoms with Crippen LogP contribution in [0.15, 0.2) is 30.3 Å². The van der Waals surface area contributed by atoms with Gasteiger partial charge in [-0.05, 0) is 35.1 Å². The largest absolute Gasteiger partial charge is 0.469 e. The zero-order valence-corrected chi connectivity index (χ0v) is 17.8. The fourth-order valence-corrected chi connectivity index (χ4v) is 3.01. The smallest absolute Gasteiger partial charge is 0.306 e. The molecular weight excluding hydrogens is 407 g/mol. The van der Waals surface area contributed by atoms with E-state index in [2.05, 4.69) is 20.2 Å². The van der Waals surface area contributed by atoms with Gasteiger partial charge in [-0.25, -0.2) is 4.57 Å². The summed E-state index contributed by atoms with van der Waals surface area (Å²) in [5, 5.41) is 17.6. The maximum absolute atomic E-state index is 11.2. The Morgan fingerprint density at radius 1 is 0.862 bits per heavy atom. The van der Waals surface area contributed by atoms with Gasteiger partial charge in [0.1, 0.15) is 5.60 Å². The van der Waals surface area contributed by atoms with E-state index >= 15 is 0 Å². The van der Waals surface area contributed by atoms with Crippen LogP contribution in [0.1, 0.15) is 65.2 Å². The molecule has 0 radical (unpaired) electrons. The molecule has 0 saturated heterocycles. The second-order valence-corrected chi connectivity index (χ2v) is 7.85. The Balaban J connectivity index is 2.54. The minimum atomic E-state index is -4.68. The summed E-state index contributed by atoms with van der Waals surface area (Å²) >= 11 is 0. The number of hydrogen-bond acceptors (Lipinski definition) is 8. The van der Waals surface area contributed by atoms with Crippen molar-refractivity contribution in [2.75, 3.05) is 6.61 Å². The molecule has 0 aliphatic carbocycles. The summed E-state index contributed by atoms with van der Waals surface area (Å²) in [5.41, 5.74) is -1.12. The van der Waals surface area contributed by atoms with Crippen molar-refractivity contribution < 1.29 is 48.8 Å². The predicted octanol–water partition coefficient (Wildman–Crippen LogP) is 4.73. The summed E-state index contributed by atoms with van der Waals surface area (Å²) in [7, 11) is -4.68. The minimum Gasteiger partial charge on any atom is -0.306 e. The van der Waals surface area contributed by atoms with Crippen molar-refractivity contribution in [3.63, 3.8) is 0 Å². The molecule has 2 N–H and O–H groups in total. The van der Waals surface area contributed by atoms with Gasteiger partial charge in [-0.1, -0.05) is 70.6 Å². The van der Waals surface area contributed by atoms with Crippen molar-refractivity contribution >= 4 is 7.82 Å². The third-order valence-corrected chi connectivity index (χ3v) is 4.60. The number of unbranched alkanes of at least 4 members (excludes halogenated alkanes) is 4. The molecule has 11 heteroatoms. The lowest BCUT2D eigenvalue weighted by Crippen LogP contribution is -2.38. The molecule has 0 heterocycles. The highest BCUT2D eigenvalue weighted by Gasteiger charge is 2.36. The molecule has 0 spiro atoms. The zero-order valence-electron chi connectivity index (χ0n) is 16.9. The van der Waals surface area contributed by atoms with Gasteiger partial charge >= 0.3 is 7.82 Å². The molecule has 0 unspecified atom stereocenters. The summed E-state index contributed by atoms with van der Waals surface area (Å²) < 4.78 is 15.9. The molecule has 29 heavy (non-hydrogen) atoms. The number of para-hydroxylation sites is 1. The summed E-state index contributed by atoms with van der Waals surface area (Å²) in [5.74, 6) is 0.376. The van der Waals surface area contributed by atoms with Crippen molar-refractivity contribution in [2.45, 2.75) is 70.8 Å². The molecular formula is C18H31O10P. The molecule has 0 atom stereocenters. The first kappa shape index (κ1) is 26.0. The molecule has 0 amide bonds. The SMILES string of the molecule is CCCCCC(CCCCC)(COP(=O)(O)O)OOOOOOc1ccccc1. The minimum absolute atomic E-state index is 0.366. The van der Waals surface area contributed by atoms with Crippen LogP contribution in [0.5, 0.6) is 5.75 Å². The Morgan fingerprint density at radius 2 is 1.45 bits per heavy atom. The van der Waals surface area contributed by atoms with Crippen LogP contribution in [-0.2, 0) is 34.1 Å². The number of phosphoric ester groups is 1. The number of phosphoric acid groups is 1. The molecule has 0 aromatic heterocycles. The van der Waals surface area contributed by atoms with Gasteiger partial charge in [-0.15, -0.1) is 0 Å². The monoisotopic (exact) mass is 438 g/mol. The lowest BCUT2D eigenvalue weighted by molar-refractivity contribution is -0.753. The van der Waals surface area contributed by atoms with E-state index in [-0.39, 0.29) is 6.61 Å². The van der Waals surface area contributed by atoms with Crippen LogP contribution in [0.2, 0.25) is 0 Å². The average molecular weight is 438 g/mol. The Bertz CT molecular complexity index is 555. The maximum atomic E-state index is 11.2. The number of benzene rings is 1. The van der Waals surface area contributed by atoms with E-state index in [9.17, 15) is 4.57 Å². The van der Waals surface area contributed by atoms with Crippen LogP contribution in [0.3, 0.4) is 0 Å². The van der Waals surface area contributed by atoms with E-state index in [4.69, 9.17) is 24.1 Å². The van der Waals surface area contributed by atoms with Gasteiger partial charge in [0, 0.05) is 10.1 Å². The van der Waals surface area contributed by atoms with E-state index in [0.717, 1.165) is 38.5 Å². The first-order chi connectivity index (χ1) is 13.9. The Hall–Kier alpha value is -1.07. The Labute approximate surface area is 170 Å². The zero-order chi connectivity index (χ0) is 21.4. The third-order valence-electron chi connectivity index (χ3n) is 4.14. The van der Waals surface area contributed by atoms with Crippen molar-refractivity contribution in [3.8, 4) is 5.75 Å². The summed E-state index contributed by atoms with van der Waals surface area (Å²) in [4.78, 5) is 28.2. The topological polar surface area (TPSA) is 122 Å². The van der Waals surface area contributed by atoms with Gasteiger partial charge in [0.15, 0.2) is 5.75 Å². The van der Waals surface area contributed by atoms with E-state index in [1.54, 1.807) is 30.3 Å². The van der Waals surface area contributed by atoms with E-state index in [1.807, 2.05) is 13.8 Å². The van der Waals surface area contributed by atoms with Crippen LogP contribution in [0.25, 0.3) is 0 Å². The molecule has 0 bridgehead atoms. The van der Waals surface area contributed by atoms with Gasteiger partial charge in [-0.3, -0.25) is 4.52 Å². The van der Waals surface area contributed by atoms with E-state index in [1.165, 1.54) is 0 Å². The fraction of sp³-hybridized carbons (Fsp3) is 0.667. The summed E-state index contributed by atoms with van der Waals surface area (Å²) in [6.45, 7) is 3.72. The lowest BCUT2D eigenvalue weighted by Gasteiger charge is -2.31. The van der Waals surface area contributed by atoms with Gasteiger partial charge in [0.2, 0.25) is 0 Å². The predicted molar refractivity (Wildman–Crippen MR) is 102 cm³/mol. The maximum Gasteiger partial charge on any atom is 0.469 e. The highest BCUT2D eigenvalue weighted by Crippen LogP contribution is 2.39. The van der Waals surface area contributed by atoms with Crippen LogP contribution in [0.4, 0.5) is 0 Å². The van der Waals surface area contributed by atoms with Crippen LogP contribution >= 0.6 is 7.82 Å². The molecule has 0 aliphatic heterocycles. The van der Waals surface area contributed by atoms with E-state index in [0.29, 0.717) is 18.6 Å². The highest BCUT2D eigenvalue weighted by atomic mass is 31.2. The van der Waals surface area contributed by atoms with Crippen LogP contribution in [0, 0.1) is 0 Å². The van der Waals surface area contributed by atoms with Gasteiger partial charge in [-0.2, -0.15) is 4.89 Å². The average Bonchev–Trinajstić information content (AvgIpc) is 2.69. The Kier molecular flexibility index (Phi) is 13.3. The van der Waals surface area contributed by atoms with Crippen molar-refractivity contribution in [1.29, 1.82) is 0 Å². The summed E-state index contributed by atoms with van der Waals surface area (Å²) in [6.07, 6.45) is 6.19. The standard InChI is InChI=1S/C18H31O10P/c1-3-5-10-14-18(15-11-6-4-2,16-22-29(19,20)21)24-26-28-27-25-23-17-12-8-7-9-13-17/h7-9,12-13H,3-6,10-11,14-16H2,1-2H3,(H2,19,20,21). The van der Waals surface area contributed by atoms with Crippen molar-refractivity contribution in [3.05, 3.63) is 30.3 Å².